The average molecular weight is 219 g/mol. The quantitative estimate of drug-likeness (QED) is 0.737. The van der Waals surface area contributed by atoms with Gasteiger partial charge in [0.1, 0.15) is 6.07 Å². The van der Waals surface area contributed by atoms with Gasteiger partial charge < -0.3 is 10.0 Å². The van der Waals surface area contributed by atoms with Crippen molar-refractivity contribution in [3.63, 3.8) is 0 Å². The Bertz CT molecular complexity index is 360. The van der Waals surface area contributed by atoms with E-state index in [-0.39, 0.29) is 6.61 Å². The Balaban J connectivity index is 2.52. The number of pyridine rings is 1. The number of nitriles is 1. The van der Waals surface area contributed by atoms with Gasteiger partial charge in [0.2, 0.25) is 0 Å². The third-order valence-electron chi connectivity index (χ3n) is 2.46. The maximum Gasteiger partial charge on any atom is 0.163 e. The van der Waals surface area contributed by atoms with Crippen LogP contribution in [-0.2, 0) is 0 Å². The number of rotatable bonds is 6. The van der Waals surface area contributed by atoms with E-state index in [0.29, 0.717) is 5.69 Å². The molecule has 0 aliphatic rings. The highest BCUT2D eigenvalue weighted by molar-refractivity contribution is 5.54. The van der Waals surface area contributed by atoms with Gasteiger partial charge in [-0.3, -0.25) is 0 Å². The van der Waals surface area contributed by atoms with Crippen molar-refractivity contribution in [3.8, 4) is 6.07 Å². The van der Waals surface area contributed by atoms with Crippen LogP contribution in [0.3, 0.4) is 0 Å². The summed E-state index contributed by atoms with van der Waals surface area (Å²) in [7, 11) is 1.96. The number of nitrogens with zero attached hydrogens (tertiary/aromatic N) is 3. The SMILES string of the molecule is CN(CCCCCO)c1cccnc1C#N. The Morgan fingerprint density at radius 3 is 2.94 bits per heavy atom. The van der Waals surface area contributed by atoms with Crippen LogP contribution in [-0.4, -0.2) is 30.3 Å². The number of aliphatic hydroxyl groups is 1. The van der Waals surface area contributed by atoms with Crippen LogP contribution < -0.4 is 4.90 Å². The zero-order valence-electron chi connectivity index (χ0n) is 9.56. The van der Waals surface area contributed by atoms with Crippen molar-refractivity contribution in [1.29, 1.82) is 5.26 Å². The highest BCUT2D eigenvalue weighted by atomic mass is 16.2. The number of hydrogen-bond donors (Lipinski definition) is 1. The van der Waals surface area contributed by atoms with Gasteiger partial charge in [0.15, 0.2) is 5.69 Å². The van der Waals surface area contributed by atoms with Gasteiger partial charge in [0.05, 0.1) is 5.69 Å². The monoisotopic (exact) mass is 219 g/mol. The van der Waals surface area contributed by atoms with Gasteiger partial charge in [0.25, 0.3) is 0 Å². The van der Waals surface area contributed by atoms with E-state index in [0.717, 1.165) is 31.5 Å². The van der Waals surface area contributed by atoms with Gasteiger partial charge >= 0.3 is 0 Å². The van der Waals surface area contributed by atoms with Gasteiger partial charge in [-0.25, -0.2) is 4.98 Å². The minimum atomic E-state index is 0.250. The fourth-order valence-corrected chi connectivity index (χ4v) is 1.55. The van der Waals surface area contributed by atoms with Crippen molar-refractivity contribution in [1.82, 2.24) is 4.98 Å². The molecule has 0 aromatic carbocycles. The first kappa shape index (κ1) is 12.5. The van der Waals surface area contributed by atoms with Gasteiger partial charge in [-0.2, -0.15) is 5.26 Å². The highest BCUT2D eigenvalue weighted by Crippen LogP contribution is 2.16. The van der Waals surface area contributed by atoms with E-state index in [2.05, 4.69) is 11.1 Å². The molecule has 1 aromatic rings. The molecule has 0 fully saturated rings. The topological polar surface area (TPSA) is 60.1 Å². The van der Waals surface area contributed by atoms with Gasteiger partial charge in [0, 0.05) is 26.4 Å². The minimum Gasteiger partial charge on any atom is -0.396 e. The van der Waals surface area contributed by atoms with Crippen LogP contribution in [0, 0.1) is 11.3 Å². The van der Waals surface area contributed by atoms with E-state index in [1.54, 1.807) is 6.20 Å². The Kier molecular flexibility index (Phi) is 5.30. The van der Waals surface area contributed by atoms with Crippen molar-refractivity contribution in [2.24, 2.45) is 0 Å². The minimum absolute atomic E-state index is 0.250. The summed E-state index contributed by atoms with van der Waals surface area (Å²) in [5.41, 5.74) is 1.33. The fourth-order valence-electron chi connectivity index (χ4n) is 1.55. The molecule has 0 aliphatic carbocycles. The van der Waals surface area contributed by atoms with Crippen molar-refractivity contribution < 1.29 is 5.11 Å². The molecule has 1 N–H and O–H groups in total. The lowest BCUT2D eigenvalue weighted by Gasteiger charge is -2.19. The Hall–Kier alpha value is -1.60. The molecule has 0 saturated carbocycles. The van der Waals surface area contributed by atoms with Crippen LogP contribution in [0.15, 0.2) is 18.3 Å². The molecule has 1 heterocycles. The summed E-state index contributed by atoms with van der Waals surface area (Å²) in [5.74, 6) is 0. The lowest BCUT2D eigenvalue weighted by atomic mass is 10.2. The molecule has 1 aromatic heterocycles. The first-order chi connectivity index (χ1) is 7.79. The van der Waals surface area contributed by atoms with E-state index in [1.807, 2.05) is 24.1 Å². The molecule has 0 saturated heterocycles. The van der Waals surface area contributed by atoms with Crippen LogP contribution in [0.2, 0.25) is 0 Å². The van der Waals surface area contributed by atoms with Crippen molar-refractivity contribution in [3.05, 3.63) is 24.0 Å². The zero-order chi connectivity index (χ0) is 11.8. The van der Waals surface area contributed by atoms with Gasteiger partial charge in [-0.1, -0.05) is 0 Å². The molecule has 1 rings (SSSR count). The molecule has 0 spiro atoms. The molecular formula is C12H17N3O. The van der Waals surface area contributed by atoms with Crippen molar-refractivity contribution >= 4 is 5.69 Å². The molecule has 0 atom stereocenters. The smallest absolute Gasteiger partial charge is 0.163 e. The highest BCUT2D eigenvalue weighted by Gasteiger charge is 2.06. The van der Waals surface area contributed by atoms with E-state index in [1.165, 1.54) is 0 Å². The summed E-state index contributed by atoms with van der Waals surface area (Å²) in [6.07, 6.45) is 4.48. The molecule has 0 radical (unpaired) electrons. The Morgan fingerprint density at radius 1 is 1.44 bits per heavy atom. The third-order valence-corrected chi connectivity index (χ3v) is 2.46. The number of hydrogen-bond acceptors (Lipinski definition) is 4. The molecule has 0 aliphatic heterocycles. The zero-order valence-corrected chi connectivity index (χ0v) is 9.56. The van der Waals surface area contributed by atoms with Crippen molar-refractivity contribution in [2.75, 3.05) is 25.1 Å². The summed E-state index contributed by atoms with van der Waals surface area (Å²) < 4.78 is 0. The van der Waals surface area contributed by atoms with E-state index < -0.39 is 0 Å². The lowest BCUT2D eigenvalue weighted by Crippen LogP contribution is -2.19. The average Bonchev–Trinajstić information content (AvgIpc) is 2.34. The molecular weight excluding hydrogens is 202 g/mol. The second-order valence-corrected chi connectivity index (χ2v) is 3.69. The summed E-state index contributed by atoms with van der Waals surface area (Å²) >= 11 is 0. The van der Waals surface area contributed by atoms with E-state index in [9.17, 15) is 0 Å². The van der Waals surface area contributed by atoms with Gasteiger partial charge in [-0.05, 0) is 31.4 Å². The second-order valence-electron chi connectivity index (χ2n) is 3.69. The molecule has 0 amide bonds. The predicted molar refractivity (Wildman–Crippen MR) is 63.2 cm³/mol. The molecule has 0 bridgehead atoms. The molecule has 0 unspecified atom stereocenters. The second kappa shape index (κ2) is 6.81. The van der Waals surface area contributed by atoms with Gasteiger partial charge in [-0.15, -0.1) is 0 Å². The molecule has 16 heavy (non-hydrogen) atoms. The summed E-state index contributed by atoms with van der Waals surface area (Å²) in [6.45, 7) is 1.13. The van der Waals surface area contributed by atoms with Crippen LogP contribution in [0.25, 0.3) is 0 Å². The predicted octanol–water partition coefficient (Wildman–Crippen LogP) is 1.55. The normalized spacial score (nSPS) is 9.81. The lowest BCUT2D eigenvalue weighted by molar-refractivity contribution is 0.283. The van der Waals surface area contributed by atoms with E-state index >= 15 is 0 Å². The number of aliphatic hydroxyl groups excluding tert-OH is 1. The molecule has 4 heteroatoms. The van der Waals surface area contributed by atoms with Crippen LogP contribution >= 0.6 is 0 Å². The standard InChI is InChI=1S/C12H17N3O/c1-15(8-3-2-4-9-16)12-6-5-7-14-11(12)10-13/h5-7,16H,2-4,8-9H2,1H3. The number of unbranched alkanes of at least 4 members (excludes halogenated alkanes) is 2. The molecule has 4 nitrogen and oxygen atoms in total. The Labute approximate surface area is 96.2 Å². The Morgan fingerprint density at radius 2 is 2.25 bits per heavy atom. The first-order valence-electron chi connectivity index (χ1n) is 5.46. The van der Waals surface area contributed by atoms with Crippen LogP contribution in [0.5, 0.6) is 0 Å². The van der Waals surface area contributed by atoms with E-state index in [4.69, 9.17) is 10.4 Å². The number of aromatic nitrogens is 1. The third kappa shape index (κ3) is 3.52. The molecule has 86 valence electrons. The maximum absolute atomic E-state index is 8.90. The van der Waals surface area contributed by atoms with Crippen LogP contribution in [0.1, 0.15) is 25.0 Å². The first-order valence-corrected chi connectivity index (χ1v) is 5.46. The summed E-state index contributed by atoms with van der Waals surface area (Å²) in [4.78, 5) is 6.05. The summed E-state index contributed by atoms with van der Waals surface area (Å²) in [5, 5.41) is 17.6. The summed E-state index contributed by atoms with van der Waals surface area (Å²) in [6, 6.07) is 5.82. The van der Waals surface area contributed by atoms with Crippen molar-refractivity contribution in [2.45, 2.75) is 19.3 Å². The fraction of sp³-hybridized carbons (Fsp3) is 0.500. The van der Waals surface area contributed by atoms with Crippen LogP contribution in [0.4, 0.5) is 5.69 Å². The maximum atomic E-state index is 8.90. The number of anilines is 1. The largest absolute Gasteiger partial charge is 0.396 e.